The second kappa shape index (κ2) is 7.51. The van der Waals surface area contributed by atoms with Crippen molar-refractivity contribution < 1.29 is 13.2 Å². The molecule has 2 N–H and O–H groups in total. The minimum Gasteiger partial charge on any atom is -0.318 e. The van der Waals surface area contributed by atoms with Gasteiger partial charge in [-0.2, -0.15) is 0 Å². The zero-order valence-corrected chi connectivity index (χ0v) is 15.9. The summed E-state index contributed by atoms with van der Waals surface area (Å²) in [6.07, 6.45) is 0. The molecule has 25 heavy (non-hydrogen) atoms. The molecule has 0 atom stereocenters. The van der Waals surface area contributed by atoms with Crippen LogP contribution in [0.5, 0.6) is 0 Å². The molecule has 1 aromatic heterocycles. The lowest BCUT2D eigenvalue weighted by molar-refractivity contribution is 0.0937. The van der Waals surface area contributed by atoms with Crippen LogP contribution in [0.1, 0.15) is 35.6 Å². The maximum Gasteiger partial charge on any atom is 0.238 e. The molecule has 0 amide bonds. The van der Waals surface area contributed by atoms with Gasteiger partial charge in [-0.15, -0.1) is 0 Å². The van der Waals surface area contributed by atoms with Gasteiger partial charge in [-0.1, -0.05) is 13.8 Å². The van der Waals surface area contributed by atoms with Crippen LogP contribution in [-0.2, 0) is 10.0 Å². The zero-order chi connectivity index (χ0) is 18.8. The molecular formula is C18H25N3O3S. The predicted molar refractivity (Wildman–Crippen MR) is 98.7 cm³/mol. The number of likely N-dealkylation sites (N-methyl/N-ethyl adjacent to an activating group) is 1. The van der Waals surface area contributed by atoms with E-state index in [-0.39, 0.29) is 10.7 Å². The average molecular weight is 363 g/mol. The number of hydrogen-bond acceptors (Lipinski definition) is 4. The van der Waals surface area contributed by atoms with Crippen LogP contribution in [0, 0.1) is 13.8 Å². The molecule has 0 aliphatic heterocycles. The number of primary sulfonamides is 1. The Labute approximate surface area is 149 Å². The van der Waals surface area contributed by atoms with Gasteiger partial charge in [0.05, 0.1) is 11.4 Å². The van der Waals surface area contributed by atoms with E-state index < -0.39 is 10.0 Å². The Kier molecular flexibility index (Phi) is 5.82. The van der Waals surface area contributed by atoms with E-state index in [1.807, 2.05) is 38.3 Å². The number of benzene rings is 1. The highest BCUT2D eigenvalue weighted by molar-refractivity contribution is 7.89. The number of hydrogen-bond donors (Lipinski definition) is 1. The molecule has 6 nitrogen and oxygen atoms in total. The lowest BCUT2D eigenvalue weighted by Gasteiger charge is -2.17. The van der Waals surface area contributed by atoms with Gasteiger partial charge < -0.3 is 4.57 Å². The molecular weight excluding hydrogens is 338 g/mol. The van der Waals surface area contributed by atoms with Crippen molar-refractivity contribution in [3.63, 3.8) is 0 Å². The number of sulfonamides is 1. The summed E-state index contributed by atoms with van der Waals surface area (Å²) in [7, 11) is -3.72. The first kappa shape index (κ1) is 19.4. The van der Waals surface area contributed by atoms with Crippen LogP contribution in [0.25, 0.3) is 5.69 Å². The van der Waals surface area contributed by atoms with E-state index in [9.17, 15) is 13.2 Å². The van der Waals surface area contributed by atoms with Gasteiger partial charge in [-0.05, 0) is 57.3 Å². The van der Waals surface area contributed by atoms with Crippen molar-refractivity contribution in [2.24, 2.45) is 5.14 Å². The number of aryl methyl sites for hydroxylation is 1. The first-order chi connectivity index (χ1) is 11.7. The highest BCUT2D eigenvalue weighted by Gasteiger charge is 2.18. The Morgan fingerprint density at radius 1 is 1.12 bits per heavy atom. The molecule has 0 fully saturated rings. The molecule has 0 radical (unpaired) electrons. The third-order valence-electron chi connectivity index (χ3n) is 4.42. The van der Waals surface area contributed by atoms with E-state index in [0.29, 0.717) is 12.1 Å². The van der Waals surface area contributed by atoms with Crippen molar-refractivity contribution in [3.8, 4) is 5.69 Å². The van der Waals surface area contributed by atoms with Gasteiger partial charge >= 0.3 is 0 Å². The molecule has 2 rings (SSSR count). The third kappa shape index (κ3) is 4.18. The SMILES string of the molecule is CCN(CC)CC(=O)c1cc(C)n(-c2ccc(S(N)(=O)=O)cc2)c1C. The predicted octanol–water partition coefficient (Wildman–Crippen LogP) is 2.27. The smallest absolute Gasteiger partial charge is 0.238 e. The Morgan fingerprint density at radius 2 is 1.68 bits per heavy atom. The fourth-order valence-corrected chi connectivity index (χ4v) is 3.48. The maximum absolute atomic E-state index is 12.6. The van der Waals surface area contributed by atoms with Crippen LogP contribution in [-0.4, -0.2) is 43.3 Å². The summed E-state index contributed by atoms with van der Waals surface area (Å²) in [6.45, 7) is 9.94. The summed E-state index contributed by atoms with van der Waals surface area (Å²) in [4.78, 5) is 14.8. The number of rotatable bonds is 7. The van der Waals surface area contributed by atoms with Crippen LogP contribution >= 0.6 is 0 Å². The molecule has 2 aromatic rings. The number of carbonyl (C=O) groups excluding carboxylic acids is 1. The molecule has 0 saturated carbocycles. The molecule has 0 unspecified atom stereocenters. The fourth-order valence-electron chi connectivity index (χ4n) is 2.96. The Hall–Kier alpha value is -1.96. The highest BCUT2D eigenvalue weighted by atomic mass is 32.2. The number of ketones is 1. The molecule has 1 heterocycles. The van der Waals surface area contributed by atoms with Gasteiger partial charge in [0.1, 0.15) is 0 Å². The molecule has 0 spiro atoms. The Bertz CT molecular complexity index is 864. The normalized spacial score (nSPS) is 11.9. The van der Waals surface area contributed by atoms with E-state index in [1.54, 1.807) is 12.1 Å². The van der Waals surface area contributed by atoms with Crippen LogP contribution in [0.2, 0.25) is 0 Å². The molecule has 0 saturated heterocycles. The van der Waals surface area contributed by atoms with E-state index >= 15 is 0 Å². The first-order valence-corrected chi connectivity index (χ1v) is 9.81. The molecule has 0 aliphatic rings. The number of nitrogens with zero attached hydrogens (tertiary/aromatic N) is 2. The van der Waals surface area contributed by atoms with Crippen molar-refractivity contribution in [1.29, 1.82) is 0 Å². The average Bonchev–Trinajstić information content (AvgIpc) is 2.86. The zero-order valence-electron chi connectivity index (χ0n) is 15.1. The molecule has 7 heteroatoms. The number of nitrogens with two attached hydrogens (primary N) is 1. The molecule has 136 valence electrons. The second-order valence-corrected chi connectivity index (χ2v) is 7.61. The van der Waals surface area contributed by atoms with Crippen LogP contribution < -0.4 is 5.14 Å². The Morgan fingerprint density at radius 3 is 2.16 bits per heavy atom. The molecule has 1 aromatic carbocycles. The van der Waals surface area contributed by atoms with Crippen LogP contribution in [0.15, 0.2) is 35.2 Å². The van der Waals surface area contributed by atoms with Crippen molar-refractivity contribution in [2.45, 2.75) is 32.6 Å². The van der Waals surface area contributed by atoms with Gasteiger partial charge in [0, 0.05) is 22.6 Å². The number of aromatic nitrogens is 1. The minimum absolute atomic E-state index is 0.0662. The molecule has 0 bridgehead atoms. The summed E-state index contributed by atoms with van der Waals surface area (Å²) < 4.78 is 24.7. The Balaban J connectivity index is 2.38. The number of Topliss-reactive ketones (excluding diaryl/α,β-unsaturated/α-hetero) is 1. The summed E-state index contributed by atoms with van der Waals surface area (Å²) in [6, 6.07) is 8.22. The summed E-state index contributed by atoms with van der Waals surface area (Å²) >= 11 is 0. The van der Waals surface area contributed by atoms with Crippen molar-refractivity contribution >= 4 is 15.8 Å². The number of carbonyl (C=O) groups is 1. The van der Waals surface area contributed by atoms with E-state index in [0.717, 1.165) is 30.2 Å². The fraction of sp³-hybridized carbons (Fsp3) is 0.389. The first-order valence-electron chi connectivity index (χ1n) is 8.26. The third-order valence-corrected chi connectivity index (χ3v) is 5.35. The lowest BCUT2D eigenvalue weighted by Crippen LogP contribution is -2.29. The van der Waals surface area contributed by atoms with Gasteiger partial charge in [0.2, 0.25) is 10.0 Å². The quantitative estimate of drug-likeness (QED) is 0.765. The van der Waals surface area contributed by atoms with Gasteiger partial charge in [-0.3, -0.25) is 9.69 Å². The van der Waals surface area contributed by atoms with E-state index in [1.165, 1.54) is 12.1 Å². The van der Waals surface area contributed by atoms with Crippen molar-refractivity contribution in [2.75, 3.05) is 19.6 Å². The van der Waals surface area contributed by atoms with Gasteiger partial charge in [-0.25, -0.2) is 13.6 Å². The van der Waals surface area contributed by atoms with Crippen molar-refractivity contribution in [3.05, 3.63) is 47.3 Å². The second-order valence-electron chi connectivity index (χ2n) is 6.04. The highest BCUT2D eigenvalue weighted by Crippen LogP contribution is 2.22. The van der Waals surface area contributed by atoms with Crippen LogP contribution in [0.4, 0.5) is 0 Å². The topological polar surface area (TPSA) is 85.4 Å². The summed E-state index contributed by atoms with van der Waals surface area (Å²) in [5.74, 6) is 0.0872. The maximum atomic E-state index is 12.6. The minimum atomic E-state index is -3.72. The standard InChI is InChI=1S/C18H25N3O3S/c1-5-20(6-2)12-18(22)17-11-13(3)21(14(17)4)15-7-9-16(10-8-15)25(19,23)24/h7-11H,5-6,12H2,1-4H3,(H2,19,23,24). The van der Waals surface area contributed by atoms with E-state index in [2.05, 4.69) is 4.90 Å². The monoisotopic (exact) mass is 363 g/mol. The van der Waals surface area contributed by atoms with Crippen LogP contribution in [0.3, 0.4) is 0 Å². The summed E-state index contributed by atoms with van der Waals surface area (Å²) in [5, 5.41) is 5.14. The molecule has 0 aliphatic carbocycles. The van der Waals surface area contributed by atoms with Gasteiger partial charge in [0.15, 0.2) is 5.78 Å². The summed E-state index contributed by atoms with van der Waals surface area (Å²) in [5.41, 5.74) is 3.26. The van der Waals surface area contributed by atoms with Gasteiger partial charge in [0.25, 0.3) is 0 Å². The largest absolute Gasteiger partial charge is 0.318 e. The van der Waals surface area contributed by atoms with Crippen molar-refractivity contribution in [1.82, 2.24) is 9.47 Å². The lowest BCUT2D eigenvalue weighted by atomic mass is 10.1. The van der Waals surface area contributed by atoms with E-state index in [4.69, 9.17) is 5.14 Å².